The number of carboxylic acid groups (broad SMARTS) is 1. The average molecular weight is 401 g/mol. The maximum absolute atomic E-state index is 12.8. The molecule has 0 aliphatic carbocycles. The summed E-state index contributed by atoms with van der Waals surface area (Å²) in [5.41, 5.74) is 1.23. The first-order valence-corrected chi connectivity index (χ1v) is 9.19. The number of anilines is 1. The number of aromatic hydroxyl groups is 1. The van der Waals surface area contributed by atoms with E-state index >= 15 is 0 Å². The third-order valence-electron chi connectivity index (χ3n) is 3.68. The quantitative estimate of drug-likeness (QED) is 0.564. The highest BCUT2D eigenvalue weighted by Crippen LogP contribution is 2.37. The molecule has 1 heterocycles. The first-order valence-electron chi connectivity index (χ1n) is 7.96. The van der Waals surface area contributed by atoms with Crippen LogP contribution in [0.4, 0.5) is 5.69 Å². The summed E-state index contributed by atoms with van der Waals surface area (Å²) in [7, 11) is 0. The summed E-state index contributed by atoms with van der Waals surface area (Å²) in [6, 6.07) is 13.3. The van der Waals surface area contributed by atoms with Crippen LogP contribution < -0.4 is 9.64 Å². The number of hydrogen-bond acceptors (Lipinski definition) is 6. The molecule has 0 unspecified atom stereocenters. The fraction of sp³-hybridized carbons (Fsp3) is 0.105. The van der Waals surface area contributed by atoms with Crippen LogP contribution in [0.1, 0.15) is 12.0 Å². The predicted octanol–water partition coefficient (Wildman–Crippen LogP) is 3.65. The van der Waals surface area contributed by atoms with E-state index < -0.39 is 5.97 Å². The van der Waals surface area contributed by atoms with E-state index in [2.05, 4.69) is 0 Å². The molecular weight excluding hydrogens is 386 g/mol. The number of ether oxygens (including phenoxy) is 1. The van der Waals surface area contributed by atoms with Gasteiger partial charge in [-0.3, -0.25) is 14.5 Å². The molecule has 0 spiro atoms. The minimum atomic E-state index is -0.942. The van der Waals surface area contributed by atoms with E-state index in [0.29, 0.717) is 26.2 Å². The summed E-state index contributed by atoms with van der Waals surface area (Å²) in [6.45, 7) is 0.0364. The van der Waals surface area contributed by atoms with Crippen LogP contribution >= 0.6 is 24.0 Å². The molecule has 27 heavy (non-hydrogen) atoms. The fourth-order valence-corrected chi connectivity index (χ4v) is 3.70. The van der Waals surface area contributed by atoms with Crippen LogP contribution in [0.3, 0.4) is 0 Å². The third kappa shape index (κ3) is 4.47. The number of benzene rings is 2. The van der Waals surface area contributed by atoms with Crippen molar-refractivity contribution in [3.63, 3.8) is 0 Å². The molecule has 138 valence electrons. The zero-order valence-electron chi connectivity index (χ0n) is 14.0. The third-order valence-corrected chi connectivity index (χ3v) is 4.98. The second-order valence-corrected chi connectivity index (χ2v) is 7.24. The molecule has 1 amide bonds. The van der Waals surface area contributed by atoms with Crippen molar-refractivity contribution in [1.29, 1.82) is 0 Å². The summed E-state index contributed by atoms with van der Waals surface area (Å²) in [4.78, 5) is 25.3. The SMILES string of the molecule is O=C(O)CCOc1ccccc1/C=C1/SC(=S)N(c2ccc(O)cc2)C1=O. The second kappa shape index (κ2) is 8.24. The van der Waals surface area contributed by atoms with E-state index in [1.165, 1.54) is 28.8 Å². The van der Waals surface area contributed by atoms with Crippen molar-refractivity contribution in [2.75, 3.05) is 11.5 Å². The minimum absolute atomic E-state index is 0.0364. The van der Waals surface area contributed by atoms with Crippen molar-refractivity contribution in [3.05, 3.63) is 59.0 Å². The Bertz CT molecular complexity index is 924. The molecule has 1 saturated heterocycles. The van der Waals surface area contributed by atoms with Crippen LogP contribution in [0.2, 0.25) is 0 Å². The molecule has 1 aliphatic rings. The smallest absolute Gasteiger partial charge is 0.306 e. The van der Waals surface area contributed by atoms with Crippen LogP contribution in [0.15, 0.2) is 53.4 Å². The van der Waals surface area contributed by atoms with E-state index in [1.54, 1.807) is 42.5 Å². The number of carbonyl (C=O) groups excluding carboxylic acids is 1. The van der Waals surface area contributed by atoms with Crippen LogP contribution in [0, 0.1) is 0 Å². The number of nitrogens with zero attached hydrogens (tertiary/aromatic N) is 1. The number of hydrogen-bond donors (Lipinski definition) is 2. The van der Waals surface area contributed by atoms with Crippen LogP contribution in [-0.4, -0.2) is 33.0 Å². The molecule has 3 rings (SSSR count). The van der Waals surface area contributed by atoms with Gasteiger partial charge in [-0.05, 0) is 36.4 Å². The summed E-state index contributed by atoms with van der Waals surface area (Å²) in [5.74, 6) is -0.612. The molecule has 0 atom stereocenters. The Morgan fingerprint density at radius 3 is 2.59 bits per heavy atom. The molecule has 2 aromatic carbocycles. The number of para-hydroxylation sites is 1. The van der Waals surface area contributed by atoms with Gasteiger partial charge in [0.2, 0.25) is 0 Å². The molecule has 0 aromatic heterocycles. The topological polar surface area (TPSA) is 87.1 Å². The van der Waals surface area contributed by atoms with E-state index in [4.69, 9.17) is 22.1 Å². The summed E-state index contributed by atoms with van der Waals surface area (Å²) >= 11 is 6.50. The Labute approximate surface area is 165 Å². The molecule has 2 N–H and O–H groups in total. The van der Waals surface area contributed by atoms with Crippen molar-refractivity contribution >= 4 is 51.9 Å². The van der Waals surface area contributed by atoms with Gasteiger partial charge in [-0.1, -0.05) is 42.2 Å². The monoisotopic (exact) mass is 401 g/mol. The van der Waals surface area contributed by atoms with E-state index in [0.717, 1.165) is 0 Å². The van der Waals surface area contributed by atoms with Gasteiger partial charge in [0.25, 0.3) is 5.91 Å². The molecule has 1 fully saturated rings. The van der Waals surface area contributed by atoms with E-state index in [9.17, 15) is 14.7 Å². The number of rotatable bonds is 6. The standard InChI is InChI=1S/C19H15NO5S2/c21-14-7-5-13(6-8-14)20-18(24)16(27-19(20)26)11-12-3-1-2-4-15(12)25-10-9-17(22)23/h1-8,11,21H,9-10H2,(H,22,23)/b16-11+. The molecular formula is C19H15NO5S2. The lowest BCUT2D eigenvalue weighted by Gasteiger charge is -2.14. The zero-order valence-corrected chi connectivity index (χ0v) is 15.6. The number of carboxylic acids is 1. The van der Waals surface area contributed by atoms with Gasteiger partial charge < -0.3 is 14.9 Å². The van der Waals surface area contributed by atoms with Gasteiger partial charge in [0.05, 0.1) is 23.6 Å². The molecule has 0 radical (unpaired) electrons. The Kier molecular flexibility index (Phi) is 5.78. The minimum Gasteiger partial charge on any atom is -0.508 e. The molecule has 0 bridgehead atoms. The Morgan fingerprint density at radius 1 is 1.19 bits per heavy atom. The van der Waals surface area contributed by atoms with Crippen LogP contribution in [-0.2, 0) is 9.59 Å². The van der Waals surface area contributed by atoms with Gasteiger partial charge in [0, 0.05) is 5.56 Å². The van der Waals surface area contributed by atoms with Crippen LogP contribution in [0.5, 0.6) is 11.5 Å². The van der Waals surface area contributed by atoms with Gasteiger partial charge in [-0.15, -0.1) is 0 Å². The first kappa shape index (κ1) is 18.9. The lowest BCUT2D eigenvalue weighted by molar-refractivity contribution is -0.137. The van der Waals surface area contributed by atoms with Crippen molar-refractivity contribution in [1.82, 2.24) is 0 Å². The van der Waals surface area contributed by atoms with Gasteiger partial charge in [0.1, 0.15) is 11.5 Å². The average Bonchev–Trinajstić information content (AvgIpc) is 2.91. The van der Waals surface area contributed by atoms with Crippen molar-refractivity contribution in [2.24, 2.45) is 0 Å². The van der Waals surface area contributed by atoms with Crippen molar-refractivity contribution < 1.29 is 24.5 Å². The van der Waals surface area contributed by atoms with Gasteiger partial charge >= 0.3 is 5.97 Å². The number of thiocarbonyl (C=S) groups is 1. The maximum atomic E-state index is 12.8. The first-order chi connectivity index (χ1) is 13.0. The number of thioether (sulfide) groups is 1. The van der Waals surface area contributed by atoms with Gasteiger partial charge in [0.15, 0.2) is 4.32 Å². The van der Waals surface area contributed by atoms with Crippen molar-refractivity contribution in [2.45, 2.75) is 6.42 Å². The fourth-order valence-electron chi connectivity index (χ4n) is 2.41. The molecule has 6 nitrogen and oxygen atoms in total. The van der Waals surface area contributed by atoms with Crippen molar-refractivity contribution in [3.8, 4) is 11.5 Å². The number of aliphatic carboxylic acids is 1. The van der Waals surface area contributed by atoms with Gasteiger partial charge in [-0.2, -0.15) is 0 Å². The number of phenols is 1. The molecule has 2 aromatic rings. The molecule has 0 saturated carbocycles. The Balaban J connectivity index is 1.84. The summed E-state index contributed by atoms with van der Waals surface area (Å²) in [5, 5.41) is 18.1. The molecule has 8 heteroatoms. The maximum Gasteiger partial charge on any atom is 0.306 e. The number of amides is 1. The van der Waals surface area contributed by atoms with E-state index in [1.807, 2.05) is 0 Å². The second-order valence-electron chi connectivity index (χ2n) is 5.56. The Hall–Kier alpha value is -2.84. The molecule has 1 aliphatic heterocycles. The highest BCUT2D eigenvalue weighted by Gasteiger charge is 2.33. The Morgan fingerprint density at radius 2 is 1.89 bits per heavy atom. The highest BCUT2D eigenvalue weighted by molar-refractivity contribution is 8.27. The van der Waals surface area contributed by atoms with Gasteiger partial charge in [-0.25, -0.2) is 0 Å². The number of phenolic OH excluding ortho intramolecular Hbond substituents is 1. The lowest BCUT2D eigenvalue weighted by Crippen LogP contribution is -2.27. The van der Waals surface area contributed by atoms with E-state index in [-0.39, 0.29) is 24.7 Å². The summed E-state index contributed by atoms with van der Waals surface area (Å²) in [6.07, 6.45) is 1.56. The normalized spacial score (nSPS) is 15.4. The largest absolute Gasteiger partial charge is 0.508 e. The lowest BCUT2D eigenvalue weighted by atomic mass is 10.2. The van der Waals surface area contributed by atoms with Crippen LogP contribution in [0.25, 0.3) is 6.08 Å². The predicted molar refractivity (Wildman–Crippen MR) is 108 cm³/mol. The highest BCUT2D eigenvalue weighted by atomic mass is 32.2. The summed E-state index contributed by atoms with van der Waals surface area (Å²) < 4.78 is 5.91. The number of carbonyl (C=O) groups is 2. The zero-order chi connectivity index (χ0) is 19.4.